The lowest BCUT2D eigenvalue weighted by Crippen LogP contribution is -2.45. The standard InChI is InChI=1S/C32H38N4O2/c33-19-7-6-12-30(31(37)34-26-15-13-23(14-16-26)22-8-2-1-3-9-22)36-32(38)35-27-17-18-29-25(21-27)20-24-10-4-5-11-28(24)29/h4-5,10-11,13-18,21-22,30H,1-3,6-9,12,19-20,33H2,(H,34,37)(H2,35,36,38)/t30-/m0/s1. The Morgan fingerprint density at radius 3 is 2.34 bits per heavy atom. The van der Waals surface area contributed by atoms with Crippen LogP contribution in [0.5, 0.6) is 0 Å². The summed E-state index contributed by atoms with van der Waals surface area (Å²) in [4.78, 5) is 26.1. The van der Waals surface area contributed by atoms with Crippen LogP contribution < -0.4 is 21.7 Å². The highest BCUT2D eigenvalue weighted by Crippen LogP contribution is 2.37. The van der Waals surface area contributed by atoms with Gasteiger partial charge in [-0.25, -0.2) is 4.79 Å². The summed E-state index contributed by atoms with van der Waals surface area (Å²) in [5.41, 5.74) is 13.4. The number of rotatable bonds is 9. The molecule has 3 aromatic rings. The van der Waals surface area contributed by atoms with Gasteiger partial charge in [0.15, 0.2) is 0 Å². The Morgan fingerprint density at radius 1 is 0.816 bits per heavy atom. The van der Waals surface area contributed by atoms with Gasteiger partial charge in [0.05, 0.1) is 0 Å². The van der Waals surface area contributed by atoms with E-state index in [9.17, 15) is 9.59 Å². The van der Waals surface area contributed by atoms with Crippen LogP contribution in [0.3, 0.4) is 0 Å². The summed E-state index contributed by atoms with van der Waals surface area (Å²) in [6.07, 6.45) is 9.33. The Labute approximate surface area is 225 Å². The summed E-state index contributed by atoms with van der Waals surface area (Å²) in [6, 6.07) is 21.5. The highest BCUT2D eigenvalue weighted by molar-refractivity contribution is 5.99. The van der Waals surface area contributed by atoms with Crippen LogP contribution in [0, 0.1) is 0 Å². The lowest BCUT2D eigenvalue weighted by atomic mass is 9.84. The fourth-order valence-corrected chi connectivity index (χ4v) is 5.81. The molecule has 0 radical (unpaired) electrons. The summed E-state index contributed by atoms with van der Waals surface area (Å²) < 4.78 is 0. The number of unbranched alkanes of at least 4 members (excludes halogenated alkanes) is 1. The maximum atomic E-state index is 13.2. The molecular formula is C32H38N4O2. The Morgan fingerprint density at radius 2 is 1.55 bits per heavy atom. The number of hydrogen-bond acceptors (Lipinski definition) is 3. The molecule has 5 rings (SSSR count). The molecule has 5 N–H and O–H groups in total. The summed E-state index contributed by atoms with van der Waals surface area (Å²) in [7, 11) is 0. The predicted molar refractivity (Wildman–Crippen MR) is 154 cm³/mol. The Kier molecular flexibility index (Phi) is 8.39. The number of fused-ring (bicyclic) bond motifs is 3. The Hall–Kier alpha value is -3.64. The smallest absolute Gasteiger partial charge is 0.319 e. The molecule has 38 heavy (non-hydrogen) atoms. The van der Waals surface area contributed by atoms with E-state index in [4.69, 9.17) is 5.73 Å². The minimum absolute atomic E-state index is 0.216. The van der Waals surface area contributed by atoms with E-state index in [1.165, 1.54) is 59.9 Å². The number of nitrogens with two attached hydrogens (primary N) is 1. The molecule has 2 aliphatic carbocycles. The first-order valence-corrected chi connectivity index (χ1v) is 14.0. The van der Waals surface area contributed by atoms with Gasteiger partial charge in [-0.2, -0.15) is 0 Å². The highest BCUT2D eigenvalue weighted by Gasteiger charge is 2.22. The van der Waals surface area contributed by atoms with Crippen LogP contribution in [0.25, 0.3) is 11.1 Å². The molecule has 6 nitrogen and oxygen atoms in total. The van der Waals surface area contributed by atoms with Crippen LogP contribution in [0.2, 0.25) is 0 Å². The first-order chi connectivity index (χ1) is 18.6. The topological polar surface area (TPSA) is 96.2 Å². The number of carbonyl (C=O) groups is 2. The van der Waals surface area contributed by atoms with Crippen LogP contribution >= 0.6 is 0 Å². The van der Waals surface area contributed by atoms with Gasteiger partial charge >= 0.3 is 6.03 Å². The van der Waals surface area contributed by atoms with Gasteiger partial charge < -0.3 is 21.7 Å². The molecule has 0 unspecified atom stereocenters. The number of hydrogen-bond donors (Lipinski definition) is 4. The predicted octanol–water partition coefficient (Wildman–Crippen LogP) is 6.56. The summed E-state index contributed by atoms with van der Waals surface area (Å²) in [5, 5.41) is 8.82. The molecule has 0 heterocycles. The normalized spacial score (nSPS) is 15.3. The van der Waals surface area contributed by atoms with Crippen LogP contribution in [0.4, 0.5) is 16.2 Å². The van der Waals surface area contributed by atoms with E-state index in [1.54, 1.807) is 0 Å². The third-order valence-electron chi connectivity index (χ3n) is 7.88. The van der Waals surface area contributed by atoms with Gasteiger partial charge in [0.1, 0.15) is 6.04 Å². The first kappa shape index (κ1) is 26.0. The Balaban J connectivity index is 1.20. The van der Waals surface area contributed by atoms with E-state index in [2.05, 4.69) is 58.4 Å². The van der Waals surface area contributed by atoms with E-state index >= 15 is 0 Å². The van der Waals surface area contributed by atoms with Crippen molar-refractivity contribution in [1.82, 2.24) is 5.32 Å². The molecule has 0 aliphatic heterocycles. The third kappa shape index (κ3) is 6.25. The quantitative estimate of drug-likeness (QED) is 0.192. The van der Waals surface area contributed by atoms with Crippen molar-refractivity contribution in [2.24, 2.45) is 5.73 Å². The highest BCUT2D eigenvalue weighted by atomic mass is 16.2. The Bertz CT molecular complexity index is 1260. The average Bonchev–Trinajstić information content (AvgIpc) is 3.31. The molecule has 2 aliphatic rings. The van der Waals surface area contributed by atoms with Crippen molar-refractivity contribution in [3.63, 3.8) is 0 Å². The maximum absolute atomic E-state index is 13.2. The van der Waals surface area contributed by atoms with Gasteiger partial charge in [0, 0.05) is 11.4 Å². The van der Waals surface area contributed by atoms with Gasteiger partial charge in [0.2, 0.25) is 5.91 Å². The van der Waals surface area contributed by atoms with Gasteiger partial charge in [-0.3, -0.25) is 4.79 Å². The SMILES string of the molecule is NCCCC[C@H](NC(=O)Nc1ccc2c(c1)Cc1ccccc1-2)C(=O)Nc1ccc(C2CCCCC2)cc1. The fraction of sp³-hybridized carbons (Fsp3) is 0.375. The molecule has 1 fully saturated rings. The van der Waals surface area contributed by atoms with E-state index in [1.807, 2.05) is 24.3 Å². The van der Waals surface area contributed by atoms with Crippen molar-refractivity contribution < 1.29 is 9.59 Å². The van der Waals surface area contributed by atoms with Gasteiger partial charge in [-0.05, 0) is 103 Å². The number of amides is 3. The average molecular weight is 511 g/mol. The summed E-state index contributed by atoms with van der Waals surface area (Å²) >= 11 is 0. The minimum atomic E-state index is -0.654. The molecule has 0 spiro atoms. The van der Waals surface area contributed by atoms with E-state index in [-0.39, 0.29) is 11.9 Å². The van der Waals surface area contributed by atoms with E-state index in [0.29, 0.717) is 24.6 Å². The van der Waals surface area contributed by atoms with Gasteiger partial charge in [0.25, 0.3) is 0 Å². The maximum Gasteiger partial charge on any atom is 0.319 e. The van der Waals surface area contributed by atoms with E-state index < -0.39 is 6.04 Å². The van der Waals surface area contributed by atoms with Crippen LogP contribution in [-0.2, 0) is 11.2 Å². The van der Waals surface area contributed by atoms with Crippen LogP contribution in [0.1, 0.15) is 74.0 Å². The number of carbonyl (C=O) groups excluding carboxylic acids is 2. The van der Waals surface area contributed by atoms with Gasteiger partial charge in [-0.1, -0.05) is 61.7 Å². The number of nitrogens with one attached hydrogen (secondary N) is 3. The zero-order valence-corrected chi connectivity index (χ0v) is 22.0. The fourth-order valence-electron chi connectivity index (χ4n) is 5.81. The van der Waals surface area contributed by atoms with E-state index in [0.717, 1.165) is 24.9 Å². The van der Waals surface area contributed by atoms with Gasteiger partial charge in [-0.15, -0.1) is 0 Å². The first-order valence-electron chi connectivity index (χ1n) is 14.0. The van der Waals surface area contributed by atoms with Crippen molar-refractivity contribution in [2.45, 2.75) is 69.7 Å². The summed E-state index contributed by atoms with van der Waals surface area (Å²) in [5.74, 6) is 0.406. The number of anilines is 2. The van der Waals surface area contributed by atoms with Crippen LogP contribution in [0.15, 0.2) is 66.7 Å². The molecule has 0 aromatic heterocycles. The van der Waals surface area contributed by atoms with Crippen molar-refractivity contribution in [3.05, 3.63) is 83.4 Å². The second-order valence-electron chi connectivity index (χ2n) is 10.6. The molecule has 198 valence electrons. The van der Waals surface area contributed by atoms with Crippen molar-refractivity contribution in [2.75, 3.05) is 17.2 Å². The monoisotopic (exact) mass is 510 g/mol. The van der Waals surface area contributed by atoms with Crippen molar-refractivity contribution >= 4 is 23.3 Å². The lowest BCUT2D eigenvalue weighted by Gasteiger charge is -2.22. The zero-order valence-electron chi connectivity index (χ0n) is 22.0. The molecule has 1 atom stereocenters. The van der Waals surface area contributed by atoms with Crippen molar-refractivity contribution in [3.8, 4) is 11.1 Å². The second kappa shape index (κ2) is 12.3. The lowest BCUT2D eigenvalue weighted by molar-refractivity contribution is -0.118. The molecule has 3 aromatic carbocycles. The minimum Gasteiger partial charge on any atom is -0.330 e. The second-order valence-corrected chi connectivity index (χ2v) is 10.6. The molecule has 3 amide bonds. The van der Waals surface area contributed by atoms with Crippen molar-refractivity contribution in [1.29, 1.82) is 0 Å². The number of benzene rings is 3. The zero-order chi connectivity index (χ0) is 26.3. The molecule has 1 saturated carbocycles. The molecular weight excluding hydrogens is 472 g/mol. The molecule has 6 heteroatoms. The molecule has 0 bridgehead atoms. The summed E-state index contributed by atoms with van der Waals surface area (Å²) in [6.45, 7) is 0.556. The number of urea groups is 1. The molecule has 0 saturated heterocycles. The largest absolute Gasteiger partial charge is 0.330 e. The third-order valence-corrected chi connectivity index (χ3v) is 7.88. The van der Waals surface area contributed by atoms with Crippen LogP contribution in [-0.4, -0.2) is 24.5 Å².